The molecular formula is C15H23NOS. The molecule has 1 aromatic rings. The maximum Gasteiger partial charge on any atom is 0.276 e. The van der Waals surface area contributed by atoms with E-state index >= 15 is 0 Å². The fourth-order valence-corrected chi connectivity index (χ4v) is 2.85. The minimum atomic E-state index is -0.274. The molecule has 0 aliphatic rings. The van der Waals surface area contributed by atoms with Gasteiger partial charge < -0.3 is 5.73 Å². The van der Waals surface area contributed by atoms with Gasteiger partial charge in [0.15, 0.2) is 0 Å². The van der Waals surface area contributed by atoms with Crippen molar-refractivity contribution in [2.45, 2.75) is 27.2 Å². The maximum atomic E-state index is 10.9. The zero-order valence-corrected chi connectivity index (χ0v) is 12.2. The first-order valence-electron chi connectivity index (χ1n) is 6.47. The molecule has 18 heavy (non-hydrogen) atoms. The van der Waals surface area contributed by atoms with E-state index in [1.165, 1.54) is 17.3 Å². The summed E-state index contributed by atoms with van der Waals surface area (Å²) >= 11 is 1.24. The van der Waals surface area contributed by atoms with E-state index in [1.807, 2.05) is 6.07 Å². The molecule has 3 heteroatoms. The van der Waals surface area contributed by atoms with Crippen LogP contribution in [0.3, 0.4) is 0 Å². The zero-order chi connectivity index (χ0) is 13.5. The van der Waals surface area contributed by atoms with Crippen LogP contribution >= 0.6 is 11.8 Å². The Bertz CT molecular complexity index is 364. The van der Waals surface area contributed by atoms with Crippen LogP contribution in [0.5, 0.6) is 0 Å². The van der Waals surface area contributed by atoms with E-state index in [9.17, 15) is 4.79 Å². The van der Waals surface area contributed by atoms with Gasteiger partial charge in [0.2, 0.25) is 0 Å². The second-order valence-electron chi connectivity index (χ2n) is 5.18. The van der Waals surface area contributed by atoms with E-state index in [0.29, 0.717) is 17.8 Å². The molecule has 2 unspecified atom stereocenters. The van der Waals surface area contributed by atoms with Gasteiger partial charge in [-0.25, -0.2) is 0 Å². The minimum absolute atomic E-state index is 0.274. The summed E-state index contributed by atoms with van der Waals surface area (Å²) < 4.78 is 0. The lowest BCUT2D eigenvalue weighted by Crippen LogP contribution is -2.23. The molecule has 0 bridgehead atoms. The van der Waals surface area contributed by atoms with Gasteiger partial charge in [0.1, 0.15) is 0 Å². The van der Waals surface area contributed by atoms with Crippen LogP contribution in [-0.4, -0.2) is 11.0 Å². The number of carbonyl (C=O) groups excluding carboxylic acids is 1. The number of benzene rings is 1. The molecule has 0 radical (unpaired) electrons. The molecule has 1 aromatic carbocycles. The summed E-state index contributed by atoms with van der Waals surface area (Å²) in [5.41, 5.74) is 6.57. The van der Waals surface area contributed by atoms with E-state index in [2.05, 4.69) is 45.0 Å². The van der Waals surface area contributed by atoms with Gasteiger partial charge in [-0.1, -0.05) is 62.9 Å². The number of hydrogen-bond donors (Lipinski definition) is 1. The summed E-state index contributed by atoms with van der Waals surface area (Å²) in [6.07, 6.45) is 1.01. The summed E-state index contributed by atoms with van der Waals surface area (Å²) in [5, 5.41) is -0.274. The molecule has 2 atom stereocenters. The molecule has 1 amide bonds. The highest BCUT2D eigenvalue weighted by Crippen LogP contribution is 2.27. The van der Waals surface area contributed by atoms with Crippen LogP contribution in [0.2, 0.25) is 0 Å². The van der Waals surface area contributed by atoms with Gasteiger partial charge in [-0.15, -0.1) is 0 Å². The van der Waals surface area contributed by atoms with Gasteiger partial charge in [0.25, 0.3) is 5.24 Å². The fourth-order valence-electron chi connectivity index (χ4n) is 2.05. The zero-order valence-electron chi connectivity index (χ0n) is 11.4. The second kappa shape index (κ2) is 7.47. The summed E-state index contributed by atoms with van der Waals surface area (Å²) in [6, 6.07) is 10.5. The van der Waals surface area contributed by atoms with Gasteiger partial charge in [-0.05, 0) is 29.7 Å². The molecule has 1 rings (SSSR count). The predicted octanol–water partition coefficient (Wildman–Crippen LogP) is 3.95. The Morgan fingerprint density at radius 2 is 1.83 bits per heavy atom. The summed E-state index contributed by atoms with van der Waals surface area (Å²) in [6.45, 7) is 6.73. The van der Waals surface area contributed by atoms with Gasteiger partial charge >= 0.3 is 0 Å². The molecule has 0 saturated carbocycles. The standard InChI is InChI=1S/C15H23NOS/c1-11(2)12(3)14(10-18-15(16)17)9-13-7-5-4-6-8-13/h4-8,11-12,14H,9-10H2,1-3H3,(H2,16,17). The SMILES string of the molecule is CC(C)C(C)C(CSC(N)=O)Cc1ccccc1. The third kappa shape index (κ3) is 5.13. The number of nitrogens with two attached hydrogens (primary N) is 1. The number of rotatable bonds is 6. The van der Waals surface area contributed by atoms with Crippen molar-refractivity contribution in [1.29, 1.82) is 0 Å². The van der Waals surface area contributed by atoms with Crippen LogP contribution in [0, 0.1) is 17.8 Å². The van der Waals surface area contributed by atoms with Crippen LogP contribution in [0.25, 0.3) is 0 Å². The summed E-state index contributed by atoms with van der Waals surface area (Å²) in [5.74, 6) is 2.50. The summed E-state index contributed by atoms with van der Waals surface area (Å²) in [7, 11) is 0. The van der Waals surface area contributed by atoms with Crippen LogP contribution < -0.4 is 5.73 Å². The van der Waals surface area contributed by atoms with Gasteiger partial charge in [-0.2, -0.15) is 0 Å². The monoisotopic (exact) mass is 265 g/mol. The average Bonchev–Trinajstić information content (AvgIpc) is 2.34. The molecule has 0 aliphatic heterocycles. The third-order valence-electron chi connectivity index (χ3n) is 3.58. The van der Waals surface area contributed by atoms with E-state index in [-0.39, 0.29) is 5.24 Å². The van der Waals surface area contributed by atoms with Crippen LogP contribution in [0.15, 0.2) is 30.3 Å². The van der Waals surface area contributed by atoms with Crippen molar-refractivity contribution in [3.8, 4) is 0 Å². The Kier molecular flexibility index (Phi) is 6.27. The molecule has 2 nitrogen and oxygen atoms in total. The smallest absolute Gasteiger partial charge is 0.276 e. The van der Waals surface area contributed by atoms with E-state index < -0.39 is 0 Å². The first-order chi connectivity index (χ1) is 8.50. The Morgan fingerprint density at radius 1 is 1.22 bits per heavy atom. The average molecular weight is 265 g/mol. The quantitative estimate of drug-likeness (QED) is 0.846. The molecule has 0 aromatic heterocycles. The van der Waals surface area contributed by atoms with Crippen molar-refractivity contribution >= 4 is 17.0 Å². The first kappa shape index (κ1) is 15.1. The van der Waals surface area contributed by atoms with Crippen molar-refractivity contribution in [1.82, 2.24) is 0 Å². The number of hydrogen-bond acceptors (Lipinski definition) is 2. The Balaban J connectivity index is 2.68. The first-order valence-corrected chi connectivity index (χ1v) is 7.45. The lowest BCUT2D eigenvalue weighted by atomic mass is 9.82. The third-order valence-corrected chi connectivity index (χ3v) is 4.45. The number of thioether (sulfide) groups is 1. The highest BCUT2D eigenvalue weighted by Gasteiger charge is 2.21. The predicted molar refractivity (Wildman–Crippen MR) is 79.7 cm³/mol. The molecule has 2 N–H and O–H groups in total. The van der Waals surface area contributed by atoms with Crippen molar-refractivity contribution < 1.29 is 4.79 Å². The van der Waals surface area contributed by atoms with Crippen molar-refractivity contribution in [3.63, 3.8) is 0 Å². The van der Waals surface area contributed by atoms with Crippen molar-refractivity contribution in [2.24, 2.45) is 23.5 Å². The van der Waals surface area contributed by atoms with Crippen LogP contribution in [-0.2, 0) is 6.42 Å². The largest absolute Gasteiger partial charge is 0.361 e. The van der Waals surface area contributed by atoms with Crippen molar-refractivity contribution in [2.75, 3.05) is 5.75 Å². The minimum Gasteiger partial charge on any atom is -0.361 e. The Hall–Kier alpha value is -0.960. The van der Waals surface area contributed by atoms with Gasteiger partial charge in [0.05, 0.1) is 0 Å². The van der Waals surface area contributed by atoms with Crippen LogP contribution in [0.4, 0.5) is 4.79 Å². The van der Waals surface area contributed by atoms with E-state index in [1.54, 1.807) is 0 Å². The molecule has 0 spiro atoms. The topological polar surface area (TPSA) is 43.1 Å². The fraction of sp³-hybridized carbons (Fsp3) is 0.533. The molecule has 100 valence electrons. The highest BCUT2D eigenvalue weighted by molar-refractivity contribution is 8.13. The molecule has 0 saturated heterocycles. The second-order valence-corrected chi connectivity index (χ2v) is 6.21. The molecule has 0 fully saturated rings. The number of primary amides is 1. The van der Waals surface area contributed by atoms with Gasteiger partial charge in [-0.3, -0.25) is 4.79 Å². The van der Waals surface area contributed by atoms with Crippen LogP contribution in [0.1, 0.15) is 26.3 Å². The summed E-state index contributed by atoms with van der Waals surface area (Å²) in [4.78, 5) is 10.9. The van der Waals surface area contributed by atoms with Crippen molar-refractivity contribution in [3.05, 3.63) is 35.9 Å². The van der Waals surface area contributed by atoms with E-state index in [0.717, 1.165) is 12.2 Å². The lowest BCUT2D eigenvalue weighted by Gasteiger charge is -2.26. The molecule has 0 aliphatic carbocycles. The molecule has 0 heterocycles. The Labute approximate surface area is 114 Å². The lowest BCUT2D eigenvalue weighted by molar-refractivity contribution is 0.266. The normalized spacial score (nSPS) is 14.4. The van der Waals surface area contributed by atoms with E-state index in [4.69, 9.17) is 5.73 Å². The van der Waals surface area contributed by atoms with Gasteiger partial charge in [0, 0.05) is 5.75 Å². The highest BCUT2D eigenvalue weighted by atomic mass is 32.2. The molecular weight excluding hydrogens is 242 g/mol. The Morgan fingerprint density at radius 3 is 2.33 bits per heavy atom. The number of amides is 1. The number of carbonyl (C=O) groups is 1. The maximum absolute atomic E-state index is 10.9.